The fourth-order valence-corrected chi connectivity index (χ4v) is 6.10. The molecule has 42 heavy (non-hydrogen) atoms. The summed E-state index contributed by atoms with van der Waals surface area (Å²) in [6.07, 6.45) is 1.63. The van der Waals surface area contributed by atoms with Crippen LogP contribution in [0.3, 0.4) is 0 Å². The fraction of sp³-hybridized carbons (Fsp3) is 0.394. The lowest BCUT2D eigenvalue weighted by Gasteiger charge is -2.34. The van der Waals surface area contributed by atoms with E-state index in [1.807, 2.05) is 71.0 Å². The van der Waals surface area contributed by atoms with Gasteiger partial charge in [-0.05, 0) is 75.4 Å². The Labute approximate surface area is 250 Å². The number of hydrogen-bond donors (Lipinski definition) is 1. The lowest BCUT2D eigenvalue weighted by Crippen LogP contribution is -2.54. The Morgan fingerprint density at radius 2 is 1.55 bits per heavy atom. The Morgan fingerprint density at radius 3 is 2.14 bits per heavy atom. The van der Waals surface area contributed by atoms with Gasteiger partial charge in [-0.25, -0.2) is 8.42 Å². The van der Waals surface area contributed by atoms with Crippen LogP contribution in [-0.2, 0) is 26.0 Å². The Kier molecular flexibility index (Phi) is 11.6. The van der Waals surface area contributed by atoms with Crippen molar-refractivity contribution in [2.24, 2.45) is 0 Å². The van der Waals surface area contributed by atoms with Crippen molar-refractivity contribution in [2.45, 2.75) is 70.9 Å². The summed E-state index contributed by atoms with van der Waals surface area (Å²) in [5, 5.41) is 3.00. The first-order valence-electron chi connectivity index (χ1n) is 14.4. The number of aryl methyl sites for hydroxylation is 2. The summed E-state index contributed by atoms with van der Waals surface area (Å²) in [5.41, 5.74) is 2.99. The molecule has 0 spiro atoms. The zero-order valence-corrected chi connectivity index (χ0v) is 26.3. The van der Waals surface area contributed by atoms with Crippen LogP contribution in [0, 0.1) is 13.8 Å². The maximum absolute atomic E-state index is 14.2. The van der Waals surface area contributed by atoms with Crippen LogP contribution in [0.15, 0.2) is 77.7 Å². The molecule has 0 aliphatic heterocycles. The van der Waals surface area contributed by atoms with Crippen molar-refractivity contribution in [3.63, 3.8) is 0 Å². The molecule has 0 aliphatic carbocycles. The number of methoxy groups -OCH3 is 1. The highest BCUT2D eigenvalue weighted by Crippen LogP contribution is 2.33. The van der Waals surface area contributed by atoms with Crippen LogP contribution in [0.25, 0.3) is 0 Å². The van der Waals surface area contributed by atoms with E-state index in [9.17, 15) is 18.0 Å². The zero-order valence-electron chi connectivity index (χ0n) is 25.5. The number of carbonyl (C=O) groups excluding carboxylic acids is 2. The molecule has 3 rings (SSSR count). The maximum Gasteiger partial charge on any atom is 0.264 e. The van der Waals surface area contributed by atoms with E-state index in [1.54, 1.807) is 24.3 Å². The average Bonchev–Trinajstić information content (AvgIpc) is 2.98. The fourth-order valence-electron chi connectivity index (χ4n) is 4.68. The third kappa shape index (κ3) is 8.12. The molecule has 0 saturated carbocycles. The number of amides is 2. The number of benzene rings is 3. The van der Waals surface area contributed by atoms with Crippen LogP contribution in [0.2, 0.25) is 0 Å². The highest BCUT2D eigenvalue weighted by Gasteiger charge is 2.34. The van der Waals surface area contributed by atoms with Gasteiger partial charge in [-0.3, -0.25) is 13.9 Å². The molecule has 0 saturated heterocycles. The molecule has 0 aromatic heterocycles. The normalized spacial score (nSPS) is 12.7. The van der Waals surface area contributed by atoms with Gasteiger partial charge in [0.05, 0.1) is 17.7 Å². The lowest BCUT2D eigenvalue weighted by molar-refractivity contribution is -0.139. The van der Waals surface area contributed by atoms with Crippen molar-refractivity contribution in [1.82, 2.24) is 10.2 Å². The van der Waals surface area contributed by atoms with Crippen molar-refractivity contribution in [2.75, 3.05) is 24.5 Å². The first kappa shape index (κ1) is 32.7. The number of nitrogens with one attached hydrogen (secondary N) is 1. The summed E-state index contributed by atoms with van der Waals surface area (Å²) >= 11 is 0. The minimum absolute atomic E-state index is 0.0573. The quantitative estimate of drug-likeness (QED) is 0.275. The number of carbonyl (C=O) groups is 2. The van der Waals surface area contributed by atoms with Crippen molar-refractivity contribution in [1.29, 1.82) is 0 Å². The molecule has 0 aliphatic rings. The monoisotopic (exact) mass is 593 g/mol. The number of anilines is 1. The number of sulfonamides is 1. The zero-order chi connectivity index (χ0) is 30.9. The van der Waals surface area contributed by atoms with E-state index in [1.165, 1.54) is 24.1 Å². The van der Waals surface area contributed by atoms with Crippen LogP contribution in [0.1, 0.15) is 50.3 Å². The van der Waals surface area contributed by atoms with E-state index in [0.29, 0.717) is 18.6 Å². The molecule has 0 bridgehead atoms. The van der Waals surface area contributed by atoms with Crippen LogP contribution >= 0.6 is 0 Å². The predicted molar refractivity (Wildman–Crippen MR) is 167 cm³/mol. The van der Waals surface area contributed by atoms with E-state index in [4.69, 9.17) is 4.74 Å². The van der Waals surface area contributed by atoms with Gasteiger partial charge >= 0.3 is 0 Å². The van der Waals surface area contributed by atoms with Gasteiger partial charge in [-0.1, -0.05) is 67.9 Å². The van der Waals surface area contributed by atoms with Gasteiger partial charge in [0.2, 0.25) is 11.8 Å². The summed E-state index contributed by atoms with van der Waals surface area (Å²) < 4.78 is 34.9. The van der Waals surface area contributed by atoms with E-state index >= 15 is 0 Å². The Morgan fingerprint density at radius 1 is 0.905 bits per heavy atom. The maximum atomic E-state index is 14.2. The number of hydrogen-bond acceptors (Lipinski definition) is 5. The number of ether oxygens (including phenoxy) is 1. The summed E-state index contributed by atoms with van der Waals surface area (Å²) in [7, 11) is -2.72. The Hall–Kier alpha value is -3.85. The van der Waals surface area contributed by atoms with Gasteiger partial charge in [-0.15, -0.1) is 0 Å². The molecule has 0 unspecified atom stereocenters. The molecule has 2 atom stereocenters. The van der Waals surface area contributed by atoms with Crippen molar-refractivity contribution >= 4 is 27.5 Å². The van der Waals surface area contributed by atoms with Crippen molar-refractivity contribution in [3.8, 4) is 5.75 Å². The molecular weight excluding hydrogens is 550 g/mol. The second-order valence-electron chi connectivity index (χ2n) is 10.6. The number of rotatable bonds is 14. The van der Waals surface area contributed by atoms with Gasteiger partial charge in [0, 0.05) is 12.6 Å². The Balaban J connectivity index is 2.08. The van der Waals surface area contributed by atoms with Gasteiger partial charge < -0.3 is 15.0 Å². The van der Waals surface area contributed by atoms with E-state index in [2.05, 4.69) is 5.32 Å². The topological polar surface area (TPSA) is 96.0 Å². The third-order valence-electron chi connectivity index (χ3n) is 7.36. The van der Waals surface area contributed by atoms with Crippen LogP contribution in [-0.4, -0.2) is 57.4 Å². The third-order valence-corrected chi connectivity index (χ3v) is 9.14. The number of nitrogens with zero attached hydrogens (tertiary/aromatic N) is 2. The predicted octanol–water partition coefficient (Wildman–Crippen LogP) is 5.27. The molecular formula is C33H43N3O5S. The van der Waals surface area contributed by atoms with Crippen molar-refractivity contribution in [3.05, 3.63) is 89.5 Å². The smallest absolute Gasteiger partial charge is 0.264 e. The van der Waals surface area contributed by atoms with E-state index in [-0.39, 0.29) is 29.1 Å². The minimum Gasteiger partial charge on any atom is -0.495 e. The van der Waals surface area contributed by atoms with Gasteiger partial charge in [-0.2, -0.15) is 0 Å². The van der Waals surface area contributed by atoms with E-state index in [0.717, 1.165) is 27.4 Å². The first-order chi connectivity index (χ1) is 20.0. The molecule has 0 heterocycles. The van der Waals surface area contributed by atoms with Gasteiger partial charge in [0.25, 0.3) is 10.0 Å². The first-order valence-corrected chi connectivity index (χ1v) is 15.8. The largest absolute Gasteiger partial charge is 0.495 e. The second kappa shape index (κ2) is 14.9. The molecule has 9 heteroatoms. The summed E-state index contributed by atoms with van der Waals surface area (Å²) in [5.74, 6) is -0.410. The molecule has 3 aromatic carbocycles. The Bertz CT molecular complexity index is 1440. The summed E-state index contributed by atoms with van der Waals surface area (Å²) in [4.78, 5) is 29.2. The van der Waals surface area contributed by atoms with Crippen LogP contribution in [0.5, 0.6) is 5.75 Å². The molecule has 0 radical (unpaired) electrons. The van der Waals surface area contributed by atoms with E-state index < -0.39 is 28.5 Å². The second-order valence-corrected chi connectivity index (χ2v) is 12.4. The SMILES string of the molecule is CC[C@@H](C)NC(=O)[C@@H](CC)N(CCc1ccccc1)C(=O)CN(c1cc(C)ccc1OC)S(=O)(=O)c1ccc(C)cc1. The molecule has 3 aromatic rings. The lowest BCUT2D eigenvalue weighted by atomic mass is 10.1. The van der Waals surface area contributed by atoms with Crippen molar-refractivity contribution < 1.29 is 22.7 Å². The molecule has 2 amide bonds. The van der Waals surface area contributed by atoms with Gasteiger partial charge in [0.1, 0.15) is 18.3 Å². The average molecular weight is 594 g/mol. The molecule has 1 N–H and O–H groups in total. The van der Waals surface area contributed by atoms with Gasteiger partial charge in [0.15, 0.2) is 0 Å². The molecule has 226 valence electrons. The summed E-state index contributed by atoms with van der Waals surface area (Å²) in [6.45, 7) is 9.22. The minimum atomic E-state index is -4.19. The molecule has 8 nitrogen and oxygen atoms in total. The standard InChI is InChI=1S/C33H43N3O5S/c1-7-26(5)34-33(38)29(8-2)35(21-20-27-12-10-9-11-13-27)32(37)23-36(30-22-25(4)16-19-31(30)41-6)42(39,40)28-17-14-24(3)15-18-28/h9-19,22,26,29H,7-8,20-21,23H2,1-6H3,(H,34,38)/t26-,29-/m1/s1. The summed E-state index contributed by atoms with van der Waals surface area (Å²) in [6, 6.07) is 20.6. The highest BCUT2D eigenvalue weighted by molar-refractivity contribution is 7.92. The van der Waals surface area contributed by atoms with Crippen LogP contribution < -0.4 is 14.4 Å². The van der Waals surface area contributed by atoms with Crippen LogP contribution in [0.4, 0.5) is 5.69 Å². The molecule has 0 fully saturated rings. The highest BCUT2D eigenvalue weighted by atomic mass is 32.2.